The molecule has 0 radical (unpaired) electrons. The van der Waals surface area contributed by atoms with Crippen LogP contribution in [0.5, 0.6) is 11.5 Å². The molecule has 0 aliphatic rings. The summed E-state index contributed by atoms with van der Waals surface area (Å²) >= 11 is 0. The SMILES string of the molecule is COc1ccccc1CNc1cnccc1OCc1ccccc1. The molecular weight excluding hydrogens is 300 g/mol. The molecule has 0 aliphatic heterocycles. The van der Waals surface area contributed by atoms with Gasteiger partial charge in [0.1, 0.15) is 18.1 Å². The van der Waals surface area contributed by atoms with Gasteiger partial charge in [0, 0.05) is 24.4 Å². The van der Waals surface area contributed by atoms with Crippen molar-refractivity contribution in [3.8, 4) is 11.5 Å². The van der Waals surface area contributed by atoms with Gasteiger partial charge in [-0.1, -0.05) is 48.5 Å². The maximum absolute atomic E-state index is 5.93. The normalized spacial score (nSPS) is 10.2. The van der Waals surface area contributed by atoms with Gasteiger partial charge in [0.05, 0.1) is 19.0 Å². The van der Waals surface area contributed by atoms with E-state index in [0.717, 1.165) is 28.3 Å². The molecule has 4 heteroatoms. The highest BCUT2D eigenvalue weighted by molar-refractivity contribution is 5.55. The summed E-state index contributed by atoms with van der Waals surface area (Å²) in [7, 11) is 1.68. The Morgan fingerprint density at radius 2 is 1.71 bits per heavy atom. The lowest BCUT2D eigenvalue weighted by atomic mass is 10.2. The number of nitrogens with zero attached hydrogens (tertiary/aromatic N) is 1. The molecule has 0 fully saturated rings. The summed E-state index contributed by atoms with van der Waals surface area (Å²) < 4.78 is 11.3. The number of anilines is 1. The summed E-state index contributed by atoms with van der Waals surface area (Å²) in [6.45, 7) is 1.16. The van der Waals surface area contributed by atoms with Gasteiger partial charge in [0.25, 0.3) is 0 Å². The van der Waals surface area contributed by atoms with Crippen LogP contribution in [0.25, 0.3) is 0 Å². The second kappa shape index (κ2) is 8.02. The highest BCUT2D eigenvalue weighted by Crippen LogP contribution is 2.25. The van der Waals surface area contributed by atoms with E-state index in [1.165, 1.54) is 0 Å². The zero-order chi connectivity index (χ0) is 16.6. The largest absolute Gasteiger partial charge is 0.496 e. The molecule has 0 saturated carbocycles. The lowest BCUT2D eigenvalue weighted by Crippen LogP contribution is -2.04. The third-order valence-corrected chi connectivity index (χ3v) is 3.68. The predicted octanol–water partition coefficient (Wildman–Crippen LogP) is 4.28. The molecule has 0 spiro atoms. The summed E-state index contributed by atoms with van der Waals surface area (Å²) in [4.78, 5) is 4.18. The minimum absolute atomic E-state index is 0.522. The Labute approximate surface area is 142 Å². The molecule has 0 saturated heterocycles. The van der Waals surface area contributed by atoms with Crippen LogP contribution >= 0.6 is 0 Å². The van der Waals surface area contributed by atoms with Crippen molar-refractivity contribution in [1.29, 1.82) is 0 Å². The first-order valence-corrected chi connectivity index (χ1v) is 7.83. The van der Waals surface area contributed by atoms with Crippen molar-refractivity contribution in [2.75, 3.05) is 12.4 Å². The molecule has 24 heavy (non-hydrogen) atoms. The van der Waals surface area contributed by atoms with E-state index in [0.29, 0.717) is 13.2 Å². The molecule has 0 amide bonds. The number of rotatable bonds is 7. The maximum atomic E-state index is 5.93. The first-order valence-electron chi connectivity index (χ1n) is 7.83. The standard InChI is InChI=1S/C20H20N2O2/c1-23-19-10-6-5-9-17(19)13-22-18-14-21-12-11-20(18)24-15-16-7-3-2-4-8-16/h2-12,14,22H,13,15H2,1H3. The van der Waals surface area contributed by atoms with E-state index < -0.39 is 0 Å². The van der Waals surface area contributed by atoms with Crippen LogP contribution in [-0.2, 0) is 13.2 Å². The minimum atomic E-state index is 0.522. The van der Waals surface area contributed by atoms with Crippen LogP contribution in [0.15, 0.2) is 73.1 Å². The topological polar surface area (TPSA) is 43.4 Å². The number of aromatic nitrogens is 1. The number of benzene rings is 2. The fraction of sp³-hybridized carbons (Fsp3) is 0.150. The Bertz CT molecular complexity index is 775. The fourth-order valence-electron chi connectivity index (χ4n) is 2.42. The van der Waals surface area contributed by atoms with Gasteiger partial charge in [-0.05, 0) is 11.6 Å². The summed E-state index contributed by atoms with van der Waals surface area (Å²) in [5.41, 5.74) is 3.07. The van der Waals surface area contributed by atoms with Gasteiger partial charge in [0.2, 0.25) is 0 Å². The molecule has 3 rings (SSSR count). The minimum Gasteiger partial charge on any atom is -0.496 e. The van der Waals surface area contributed by atoms with E-state index >= 15 is 0 Å². The lowest BCUT2D eigenvalue weighted by Gasteiger charge is -2.14. The molecule has 0 bridgehead atoms. The van der Waals surface area contributed by atoms with E-state index in [1.807, 2.05) is 60.7 Å². The van der Waals surface area contributed by atoms with Crippen molar-refractivity contribution in [3.05, 3.63) is 84.2 Å². The third kappa shape index (κ3) is 4.04. The Hall–Kier alpha value is -3.01. The first-order chi connectivity index (χ1) is 11.9. The van der Waals surface area contributed by atoms with Crippen LogP contribution in [-0.4, -0.2) is 12.1 Å². The Morgan fingerprint density at radius 3 is 2.54 bits per heavy atom. The van der Waals surface area contributed by atoms with Crippen molar-refractivity contribution >= 4 is 5.69 Å². The van der Waals surface area contributed by atoms with Gasteiger partial charge in [-0.3, -0.25) is 4.98 Å². The molecular formula is C20H20N2O2. The monoisotopic (exact) mass is 320 g/mol. The van der Waals surface area contributed by atoms with E-state index in [9.17, 15) is 0 Å². The van der Waals surface area contributed by atoms with Crippen LogP contribution in [0.1, 0.15) is 11.1 Å². The number of hydrogen-bond donors (Lipinski definition) is 1. The zero-order valence-electron chi connectivity index (χ0n) is 13.6. The van der Waals surface area contributed by atoms with Crippen molar-refractivity contribution in [3.63, 3.8) is 0 Å². The number of para-hydroxylation sites is 1. The molecule has 2 aromatic carbocycles. The molecule has 3 aromatic rings. The molecule has 0 unspecified atom stereocenters. The highest BCUT2D eigenvalue weighted by atomic mass is 16.5. The molecule has 1 aromatic heterocycles. The summed E-state index contributed by atoms with van der Waals surface area (Å²) in [6.07, 6.45) is 3.50. The van der Waals surface area contributed by atoms with Crippen molar-refractivity contribution < 1.29 is 9.47 Å². The van der Waals surface area contributed by atoms with Crippen LogP contribution in [0.4, 0.5) is 5.69 Å². The Morgan fingerprint density at radius 1 is 0.917 bits per heavy atom. The zero-order valence-corrected chi connectivity index (χ0v) is 13.6. The van der Waals surface area contributed by atoms with Crippen molar-refractivity contribution in [2.45, 2.75) is 13.2 Å². The van der Waals surface area contributed by atoms with Gasteiger partial charge >= 0.3 is 0 Å². The average Bonchev–Trinajstić information content (AvgIpc) is 2.66. The Balaban J connectivity index is 1.68. The predicted molar refractivity (Wildman–Crippen MR) is 95.3 cm³/mol. The second-order valence-corrected chi connectivity index (χ2v) is 5.31. The van der Waals surface area contributed by atoms with Crippen LogP contribution in [0.2, 0.25) is 0 Å². The van der Waals surface area contributed by atoms with E-state index in [4.69, 9.17) is 9.47 Å². The number of hydrogen-bond acceptors (Lipinski definition) is 4. The van der Waals surface area contributed by atoms with Gasteiger partial charge < -0.3 is 14.8 Å². The van der Waals surface area contributed by atoms with Gasteiger partial charge in [-0.2, -0.15) is 0 Å². The van der Waals surface area contributed by atoms with Gasteiger partial charge in [0.15, 0.2) is 0 Å². The second-order valence-electron chi connectivity index (χ2n) is 5.31. The lowest BCUT2D eigenvalue weighted by molar-refractivity contribution is 0.307. The number of nitrogens with one attached hydrogen (secondary N) is 1. The first kappa shape index (κ1) is 15.9. The van der Waals surface area contributed by atoms with E-state index in [-0.39, 0.29) is 0 Å². The number of methoxy groups -OCH3 is 1. The van der Waals surface area contributed by atoms with E-state index in [2.05, 4.69) is 10.3 Å². The quantitative estimate of drug-likeness (QED) is 0.705. The number of pyridine rings is 1. The summed E-state index contributed by atoms with van der Waals surface area (Å²) in [6, 6.07) is 19.9. The maximum Gasteiger partial charge on any atom is 0.146 e. The average molecular weight is 320 g/mol. The van der Waals surface area contributed by atoms with Gasteiger partial charge in [-0.25, -0.2) is 0 Å². The van der Waals surface area contributed by atoms with Crippen LogP contribution < -0.4 is 14.8 Å². The molecule has 4 nitrogen and oxygen atoms in total. The van der Waals surface area contributed by atoms with Crippen LogP contribution in [0, 0.1) is 0 Å². The molecule has 0 atom stereocenters. The summed E-state index contributed by atoms with van der Waals surface area (Å²) in [5, 5.41) is 3.37. The van der Waals surface area contributed by atoms with Crippen molar-refractivity contribution in [2.24, 2.45) is 0 Å². The third-order valence-electron chi connectivity index (χ3n) is 3.68. The highest BCUT2D eigenvalue weighted by Gasteiger charge is 2.06. The van der Waals surface area contributed by atoms with Crippen LogP contribution in [0.3, 0.4) is 0 Å². The molecule has 1 N–H and O–H groups in total. The molecule has 0 aliphatic carbocycles. The fourth-order valence-corrected chi connectivity index (χ4v) is 2.42. The molecule has 1 heterocycles. The van der Waals surface area contributed by atoms with Crippen molar-refractivity contribution in [1.82, 2.24) is 4.98 Å². The smallest absolute Gasteiger partial charge is 0.146 e. The van der Waals surface area contributed by atoms with E-state index in [1.54, 1.807) is 19.5 Å². The summed E-state index contributed by atoms with van der Waals surface area (Å²) in [5.74, 6) is 1.64. The molecule has 122 valence electrons. The number of ether oxygens (including phenoxy) is 2. The van der Waals surface area contributed by atoms with Gasteiger partial charge in [-0.15, -0.1) is 0 Å². The Kier molecular flexibility index (Phi) is 5.30.